The van der Waals surface area contributed by atoms with E-state index < -0.39 is 0 Å². The molecule has 1 amide bonds. The van der Waals surface area contributed by atoms with Crippen LogP contribution in [0.1, 0.15) is 25.3 Å². The molecule has 0 bridgehead atoms. The second kappa shape index (κ2) is 4.71. The molecule has 2 rings (SSSR count). The highest BCUT2D eigenvalue weighted by Gasteiger charge is 2.10. The summed E-state index contributed by atoms with van der Waals surface area (Å²) in [6.45, 7) is 1.86. The molecule has 0 aliphatic carbocycles. The Morgan fingerprint density at radius 2 is 2.40 bits per heavy atom. The van der Waals surface area contributed by atoms with Gasteiger partial charge < -0.3 is 5.32 Å². The molecule has 1 aromatic rings. The van der Waals surface area contributed by atoms with E-state index in [1.807, 2.05) is 24.8 Å². The van der Waals surface area contributed by atoms with E-state index in [9.17, 15) is 4.79 Å². The number of carbonyl (C=O) groups is 1. The van der Waals surface area contributed by atoms with Crippen LogP contribution in [0.5, 0.6) is 0 Å². The predicted octanol–water partition coefficient (Wildman–Crippen LogP) is 3.07. The van der Waals surface area contributed by atoms with Crippen LogP contribution in [0.2, 0.25) is 0 Å². The molecule has 1 aromatic carbocycles. The first-order valence-electron chi connectivity index (χ1n) is 5.35. The molecule has 0 saturated carbocycles. The lowest BCUT2D eigenvalue weighted by atomic mass is 10.1. The second-order valence-corrected chi connectivity index (χ2v) is 4.81. The Morgan fingerprint density at radius 1 is 1.53 bits per heavy atom. The van der Waals surface area contributed by atoms with Crippen molar-refractivity contribution in [3.63, 3.8) is 0 Å². The van der Waals surface area contributed by atoms with Gasteiger partial charge in [0.1, 0.15) is 0 Å². The number of hydrogen-bond acceptors (Lipinski definition) is 2. The monoisotopic (exact) mass is 221 g/mol. The molecule has 2 nitrogen and oxygen atoms in total. The van der Waals surface area contributed by atoms with Crippen molar-refractivity contribution >= 4 is 23.4 Å². The number of fused-ring (bicyclic) bond motifs is 1. The third-order valence-corrected chi connectivity index (χ3v) is 3.72. The number of anilines is 1. The smallest absolute Gasteiger partial charge is 0.224 e. The average Bonchev–Trinajstić information content (AvgIpc) is 2.29. The van der Waals surface area contributed by atoms with Crippen molar-refractivity contribution in [2.24, 2.45) is 0 Å². The molecule has 0 saturated heterocycles. The Bertz CT molecular complexity index is 376. The van der Waals surface area contributed by atoms with Crippen LogP contribution >= 0.6 is 11.8 Å². The van der Waals surface area contributed by atoms with E-state index in [1.165, 1.54) is 22.6 Å². The quantitative estimate of drug-likeness (QED) is 0.831. The molecule has 0 aromatic heterocycles. The van der Waals surface area contributed by atoms with Crippen molar-refractivity contribution in [1.82, 2.24) is 0 Å². The summed E-state index contributed by atoms with van der Waals surface area (Å²) in [4.78, 5) is 12.6. The van der Waals surface area contributed by atoms with Gasteiger partial charge in [-0.1, -0.05) is 6.92 Å². The number of benzene rings is 1. The van der Waals surface area contributed by atoms with Crippen molar-refractivity contribution in [1.29, 1.82) is 0 Å². The molecule has 1 N–H and O–H groups in total. The van der Waals surface area contributed by atoms with Gasteiger partial charge in [0.25, 0.3) is 0 Å². The number of thioether (sulfide) groups is 1. The first kappa shape index (κ1) is 10.6. The van der Waals surface area contributed by atoms with Crippen LogP contribution in [0, 0.1) is 0 Å². The topological polar surface area (TPSA) is 29.1 Å². The summed E-state index contributed by atoms with van der Waals surface area (Å²) in [6.07, 6.45) is 2.91. The minimum absolute atomic E-state index is 0.0819. The lowest BCUT2D eigenvalue weighted by Gasteiger charge is -2.16. The third-order valence-electron chi connectivity index (χ3n) is 2.51. The summed E-state index contributed by atoms with van der Waals surface area (Å²) in [6, 6.07) is 6.21. The first-order chi connectivity index (χ1) is 7.29. The van der Waals surface area contributed by atoms with E-state index in [4.69, 9.17) is 0 Å². The van der Waals surface area contributed by atoms with Crippen LogP contribution in [0.15, 0.2) is 23.1 Å². The number of aryl methyl sites for hydroxylation is 1. The summed E-state index contributed by atoms with van der Waals surface area (Å²) in [7, 11) is 0. The number of amides is 1. The van der Waals surface area contributed by atoms with Gasteiger partial charge in [-0.3, -0.25) is 4.79 Å². The van der Waals surface area contributed by atoms with Crippen LogP contribution in [-0.2, 0) is 11.2 Å². The molecule has 0 fully saturated rings. The fraction of sp³-hybridized carbons (Fsp3) is 0.417. The van der Waals surface area contributed by atoms with E-state index in [0.29, 0.717) is 6.42 Å². The molecule has 0 atom stereocenters. The second-order valence-electron chi connectivity index (χ2n) is 3.68. The van der Waals surface area contributed by atoms with Crippen molar-refractivity contribution < 1.29 is 4.79 Å². The van der Waals surface area contributed by atoms with Crippen molar-refractivity contribution in [2.45, 2.75) is 31.1 Å². The lowest BCUT2D eigenvalue weighted by molar-refractivity contribution is -0.115. The predicted molar refractivity (Wildman–Crippen MR) is 64.4 cm³/mol. The molecule has 1 aliphatic heterocycles. The number of nitrogens with one attached hydrogen (secondary N) is 1. The zero-order chi connectivity index (χ0) is 10.7. The van der Waals surface area contributed by atoms with Gasteiger partial charge in [-0.2, -0.15) is 0 Å². The highest BCUT2D eigenvalue weighted by molar-refractivity contribution is 7.99. The highest BCUT2D eigenvalue weighted by atomic mass is 32.2. The minimum Gasteiger partial charge on any atom is -0.326 e. The summed E-state index contributed by atoms with van der Waals surface area (Å²) in [5.41, 5.74) is 2.31. The summed E-state index contributed by atoms with van der Waals surface area (Å²) in [5, 5.41) is 2.89. The summed E-state index contributed by atoms with van der Waals surface area (Å²) < 4.78 is 0. The molecule has 0 radical (unpaired) electrons. The van der Waals surface area contributed by atoms with Crippen molar-refractivity contribution in [3.05, 3.63) is 23.8 Å². The van der Waals surface area contributed by atoms with Gasteiger partial charge in [0.2, 0.25) is 5.91 Å². The van der Waals surface area contributed by atoms with Crippen LogP contribution < -0.4 is 5.32 Å². The molecule has 15 heavy (non-hydrogen) atoms. The SMILES string of the molecule is CCC(=O)Nc1ccc2c(c1)CCCS2. The number of rotatable bonds is 2. The molecular formula is C12H15NOS. The lowest BCUT2D eigenvalue weighted by Crippen LogP contribution is -2.10. The Labute approximate surface area is 94.4 Å². The molecule has 1 heterocycles. The maximum absolute atomic E-state index is 11.2. The Morgan fingerprint density at radius 3 is 3.20 bits per heavy atom. The van der Waals surface area contributed by atoms with Crippen LogP contribution in [0.4, 0.5) is 5.69 Å². The Hall–Kier alpha value is -0.960. The molecule has 0 spiro atoms. The van der Waals surface area contributed by atoms with Gasteiger partial charge in [0.15, 0.2) is 0 Å². The van der Waals surface area contributed by atoms with Gasteiger partial charge in [0.05, 0.1) is 0 Å². The van der Waals surface area contributed by atoms with E-state index in [0.717, 1.165) is 12.1 Å². The van der Waals surface area contributed by atoms with E-state index in [2.05, 4.69) is 17.4 Å². The van der Waals surface area contributed by atoms with Crippen molar-refractivity contribution in [2.75, 3.05) is 11.1 Å². The molecule has 1 aliphatic rings. The van der Waals surface area contributed by atoms with Crippen molar-refractivity contribution in [3.8, 4) is 0 Å². The van der Waals surface area contributed by atoms with E-state index >= 15 is 0 Å². The molecular weight excluding hydrogens is 206 g/mol. The zero-order valence-electron chi connectivity index (χ0n) is 8.88. The molecule has 3 heteroatoms. The fourth-order valence-corrected chi connectivity index (χ4v) is 2.71. The summed E-state index contributed by atoms with van der Waals surface area (Å²) >= 11 is 1.91. The Kier molecular flexibility index (Phi) is 3.31. The van der Waals surface area contributed by atoms with E-state index in [1.54, 1.807) is 0 Å². The zero-order valence-corrected chi connectivity index (χ0v) is 9.69. The van der Waals surface area contributed by atoms with Gasteiger partial charge in [-0.15, -0.1) is 11.8 Å². The first-order valence-corrected chi connectivity index (χ1v) is 6.33. The number of hydrogen-bond donors (Lipinski definition) is 1. The van der Waals surface area contributed by atoms with Gasteiger partial charge >= 0.3 is 0 Å². The summed E-state index contributed by atoms with van der Waals surface area (Å²) in [5.74, 6) is 1.30. The van der Waals surface area contributed by atoms with Gasteiger partial charge in [0, 0.05) is 17.0 Å². The highest BCUT2D eigenvalue weighted by Crippen LogP contribution is 2.31. The molecule has 0 unspecified atom stereocenters. The fourth-order valence-electron chi connectivity index (χ4n) is 1.69. The standard InChI is InChI=1S/C12H15NOS/c1-2-12(14)13-10-5-6-11-9(8-10)4-3-7-15-11/h5-6,8H,2-4,7H2,1H3,(H,13,14). The number of carbonyl (C=O) groups excluding carboxylic acids is 1. The largest absolute Gasteiger partial charge is 0.326 e. The third kappa shape index (κ3) is 2.53. The molecule has 80 valence electrons. The van der Waals surface area contributed by atoms with Crippen LogP contribution in [0.25, 0.3) is 0 Å². The average molecular weight is 221 g/mol. The Balaban J connectivity index is 2.17. The maximum Gasteiger partial charge on any atom is 0.224 e. The van der Waals surface area contributed by atoms with Gasteiger partial charge in [-0.25, -0.2) is 0 Å². The minimum atomic E-state index is 0.0819. The van der Waals surface area contributed by atoms with Gasteiger partial charge in [-0.05, 0) is 42.4 Å². The van der Waals surface area contributed by atoms with Crippen LogP contribution in [-0.4, -0.2) is 11.7 Å². The van der Waals surface area contributed by atoms with Crippen LogP contribution in [0.3, 0.4) is 0 Å². The normalized spacial score (nSPS) is 14.5. The maximum atomic E-state index is 11.2. The van der Waals surface area contributed by atoms with E-state index in [-0.39, 0.29) is 5.91 Å².